The van der Waals surface area contributed by atoms with E-state index in [-0.39, 0.29) is 0 Å². The molecular formula is C10H20N2O2. The number of hydrogen-bond acceptors (Lipinski definition) is 4. The van der Waals surface area contributed by atoms with Crippen molar-refractivity contribution in [2.75, 3.05) is 26.4 Å². The molecule has 0 rings (SSSR count). The third kappa shape index (κ3) is 9.46. The van der Waals surface area contributed by atoms with Gasteiger partial charge in [-0.2, -0.15) is 5.26 Å². The van der Waals surface area contributed by atoms with Gasteiger partial charge in [-0.15, -0.1) is 0 Å². The van der Waals surface area contributed by atoms with Crippen LogP contribution in [0.4, 0.5) is 0 Å². The third-order valence-corrected chi connectivity index (χ3v) is 1.75. The van der Waals surface area contributed by atoms with Crippen molar-refractivity contribution in [2.24, 2.45) is 5.73 Å². The lowest BCUT2D eigenvalue weighted by Gasteiger charge is -2.05. The fourth-order valence-corrected chi connectivity index (χ4v) is 0.843. The van der Waals surface area contributed by atoms with Gasteiger partial charge in [-0.3, -0.25) is 0 Å². The Balaban J connectivity index is 2.96. The van der Waals surface area contributed by atoms with Crippen LogP contribution in [0.2, 0.25) is 0 Å². The molecule has 1 atom stereocenters. The van der Waals surface area contributed by atoms with Crippen LogP contribution in [-0.2, 0) is 9.47 Å². The molecule has 0 aliphatic rings. The average molecular weight is 200 g/mol. The monoisotopic (exact) mass is 200 g/mol. The standard InChI is InChI=1S/C10H20N2O2/c1-2-3-5-13-7-8-14-6-4-10(12)9-11/h10H,2-8,12H2,1H3. The van der Waals surface area contributed by atoms with E-state index in [1.54, 1.807) is 0 Å². The van der Waals surface area contributed by atoms with Gasteiger partial charge < -0.3 is 15.2 Å². The quantitative estimate of drug-likeness (QED) is 0.565. The largest absolute Gasteiger partial charge is 0.379 e. The topological polar surface area (TPSA) is 68.3 Å². The van der Waals surface area contributed by atoms with E-state index in [4.69, 9.17) is 20.5 Å². The molecule has 0 aromatic heterocycles. The maximum atomic E-state index is 8.38. The number of unbranched alkanes of at least 4 members (excludes halogenated alkanes) is 1. The number of nitrogens with two attached hydrogens (primary N) is 1. The summed E-state index contributed by atoms with van der Waals surface area (Å²) in [4.78, 5) is 0. The zero-order valence-electron chi connectivity index (χ0n) is 8.87. The minimum atomic E-state index is -0.406. The van der Waals surface area contributed by atoms with Crippen molar-refractivity contribution in [3.63, 3.8) is 0 Å². The van der Waals surface area contributed by atoms with Crippen molar-refractivity contribution in [3.05, 3.63) is 0 Å². The summed E-state index contributed by atoms with van der Waals surface area (Å²) in [6, 6.07) is 1.54. The SMILES string of the molecule is CCCCOCCOCCC(N)C#N. The van der Waals surface area contributed by atoms with Crippen LogP contribution in [0.1, 0.15) is 26.2 Å². The Morgan fingerprint density at radius 3 is 2.43 bits per heavy atom. The van der Waals surface area contributed by atoms with E-state index in [0.717, 1.165) is 19.4 Å². The Morgan fingerprint density at radius 2 is 1.86 bits per heavy atom. The molecule has 1 unspecified atom stereocenters. The third-order valence-electron chi connectivity index (χ3n) is 1.75. The first-order valence-electron chi connectivity index (χ1n) is 5.12. The van der Waals surface area contributed by atoms with Crippen molar-refractivity contribution in [1.29, 1.82) is 5.26 Å². The lowest BCUT2D eigenvalue weighted by Crippen LogP contribution is -2.20. The molecule has 0 fully saturated rings. The number of nitrogens with zero attached hydrogens (tertiary/aromatic N) is 1. The summed E-state index contributed by atoms with van der Waals surface area (Å²) in [5.74, 6) is 0. The summed E-state index contributed by atoms with van der Waals surface area (Å²) in [5.41, 5.74) is 5.38. The molecule has 0 amide bonds. The van der Waals surface area contributed by atoms with Crippen LogP contribution < -0.4 is 5.73 Å². The van der Waals surface area contributed by atoms with Crippen LogP contribution in [0.5, 0.6) is 0 Å². The first-order chi connectivity index (χ1) is 6.81. The van der Waals surface area contributed by atoms with Crippen LogP contribution in [0.15, 0.2) is 0 Å². The molecule has 0 saturated heterocycles. The van der Waals surface area contributed by atoms with Gasteiger partial charge in [-0.25, -0.2) is 0 Å². The van der Waals surface area contributed by atoms with Gasteiger partial charge >= 0.3 is 0 Å². The smallest absolute Gasteiger partial charge is 0.0950 e. The second-order valence-corrected chi connectivity index (χ2v) is 3.10. The second kappa shape index (κ2) is 10.5. The normalized spacial score (nSPS) is 12.4. The highest BCUT2D eigenvalue weighted by Crippen LogP contribution is 1.90. The van der Waals surface area contributed by atoms with Gasteiger partial charge in [0.25, 0.3) is 0 Å². The molecule has 4 heteroatoms. The highest BCUT2D eigenvalue weighted by atomic mass is 16.5. The summed E-state index contributed by atoms with van der Waals surface area (Å²) >= 11 is 0. The molecular weight excluding hydrogens is 180 g/mol. The highest BCUT2D eigenvalue weighted by molar-refractivity contribution is 4.85. The summed E-state index contributed by atoms with van der Waals surface area (Å²) in [5, 5.41) is 8.38. The van der Waals surface area contributed by atoms with Gasteiger partial charge in [0.05, 0.1) is 25.3 Å². The Labute approximate surface area is 86.0 Å². The van der Waals surface area contributed by atoms with Crippen molar-refractivity contribution in [3.8, 4) is 6.07 Å². The van der Waals surface area contributed by atoms with Gasteiger partial charge in [0.1, 0.15) is 0 Å². The molecule has 0 heterocycles. The Hall–Kier alpha value is -0.630. The first-order valence-corrected chi connectivity index (χ1v) is 5.12. The van der Waals surface area contributed by atoms with Crippen LogP contribution in [0.25, 0.3) is 0 Å². The van der Waals surface area contributed by atoms with Crippen LogP contribution >= 0.6 is 0 Å². The van der Waals surface area contributed by atoms with E-state index in [2.05, 4.69) is 6.92 Å². The Morgan fingerprint density at radius 1 is 1.21 bits per heavy atom. The molecule has 0 bridgehead atoms. The van der Waals surface area contributed by atoms with Crippen LogP contribution in [-0.4, -0.2) is 32.5 Å². The summed E-state index contributed by atoms with van der Waals surface area (Å²) in [7, 11) is 0. The summed E-state index contributed by atoms with van der Waals surface area (Å²) in [6.07, 6.45) is 2.84. The minimum Gasteiger partial charge on any atom is -0.379 e. The van der Waals surface area contributed by atoms with E-state index in [1.807, 2.05) is 6.07 Å². The van der Waals surface area contributed by atoms with Gasteiger partial charge in [0.2, 0.25) is 0 Å². The van der Waals surface area contributed by atoms with E-state index in [9.17, 15) is 0 Å². The predicted octanol–water partition coefficient (Wildman–Crippen LogP) is 1.06. The van der Waals surface area contributed by atoms with E-state index >= 15 is 0 Å². The van der Waals surface area contributed by atoms with Gasteiger partial charge in [0.15, 0.2) is 0 Å². The van der Waals surface area contributed by atoms with Crippen molar-refractivity contribution in [2.45, 2.75) is 32.2 Å². The molecule has 0 aromatic carbocycles. The lowest BCUT2D eigenvalue weighted by atomic mass is 10.3. The summed E-state index contributed by atoms with van der Waals surface area (Å²) in [6.45, 7) is 4.68. The molecule has 82 valence electrons. The van der Waals surface area contributed by atoms with E-state index in [1.165, 1.54) is 0 Å². The maximum absolute atomic E-state index is 8.38. The predicted molar refractivity (Wildman–Crippen MR) is 54.8 cm³/mol. The molecule has 0 saturated carbocycles. The summed E-state index contributed by atoms with van der Waals surface area (Å²) < 4.78 is 10.5. The fourth-order valence-electron chi connectivity index (χ4n) is 0.843. The Kier molecular flexibility index (Phi) is 9.98. The number of ether oxygens (including phenoxy) is 2. The van der Waals surface area contributed by atoms with Gasteiger partial charge in [-0.05, 0) is 12.8 Å². The molecule has 0 aromatic rings. The molecule has 0 aliphatic heterocycles. The second-order valence-electron chi connectivity index (χ2n) is 3.10. The molecule has 0 radical (unpaired) electrons. The molecule has 4 nitrogen and oxygen atoms in total. The maximum Gasteiger partial charge on any atom is 0.0950 e. The zero-order valence-corrected chi connectivity index (χ0v) is 8.87. The van der Waals surface area contributed by atoms with E-state index < -0.39 is 6.04 Å². The lowest BCUT2D eigenvalue weighted by molar-refractivity contribution is 0.0453. The van der Waals surface area contributed by atoms with Crippen molar-refractivity contribution in [1.82, 2.24) is 0 Å². The number of rotatable bonds is 9. The minimum absolute atomic E-state index is 0.406. The van der Waals surface area contributed by atoms with Crippen molar-refractivity contribution >= 4 is 0 Å². The molecule has 0 aliphatic carbocycles. The molecule has 0 spiro atoms. The average Bonchev–Trinajstić information content (AvgIpc) is 2.21. The first kappa shape index (κ1) is 13.4. The number of nitriles is 1. The van der Waals surface area contributed by atoms with Gasteiger partial charge in [-0.1, -0.05) is 13.3 Å². The molecule has 14 heavy (non-hydrogen) atoms. The zero-order chi connectivity index (χ0) is 10.6. The van der Waals surface area contributed by atoms with Crippen LogP contribution in [0.3, 0.4) is 0 Å². The molecule has 2 N–H and O–H groups in total. The van der Waals surface area contributed by atoms with Crippen molar-refractivity contribution < 1.29 is 9.47 Å². The van der Waals surface area contributed by atoms with Gasteiger partial charge in [0, 0.05) is 13.2 Å². The fraction of sp³-hybridized carbons (Fsp3) is 0.900. The highest BCUT2D eigenvalue weighted by Gasteiger charge is 1.98. The van der Waals surface area contributed by atoms with E-state index in [0.29, 0.717) is 26.2 Å². The number of hydrogen-bond donors (Lipinski definition) is 1. The Bertz CT molecular complexity index is 157. The van der Waals surface area contributed by atoms with Crippen LogP contribution in [0, 0.1) is 11.3 Å².